The topological polar surface area (TPSA) is 0 Å². The first-order valence-corrected chi connectivity index (χ1v) is 5.08. The first-order chi connectivity index (χ1) is 5.60. The van der Waals surface area contributed by atoms with Crippen molar-refractivity contribution in [3.63, 3.8) is 0 Å². The summed E-state index contributed by atoms with van der Waals surface area (Å²) < 4.78 is 0. The first-order valence-electron chi connectivity index (χ1n) is 5.08. The first kappa shape index (κ1) is 9.65. The molecule has 1 unspecified atom stereocenters. The molecule has 1 atom stereocenters. The fourth-order valence-corrected chi connectivity index (χ4v) is 1.71. The Bertz CT molecular complexity index is 190. The Morgan fingerprint density at radius 2 is 2.00 bits per heavy atom. The van der Waals surface area contributed by atoms with Gasteiger partial charge in [-0.25, -0.2) is 0 Å². The average Bonchev–Trinajstić information content (AvgIpc) is 2.05. The Labute approximate surface area is 76.7 Å². The molecule has 0 N–H and O–H groups in total. The molecule has 0 fully saturated rings. The summed E-state index contributed by atoms with van der Waals surface area (Å²) in [5, 5.41) is 0. The lowest BCUT2D eigenvalue weighted by Crippen LogP contribution is -2.11. The molecule has 0 aromatic heterocycles. The van der Waals surface area contributed by atoms with Gasteiger partial charge in [0.25, 0.3) is 0 Å². The van der Waals surface area contributed by atoms with Crippen LogP contribution in [0.1, 0.15) is 52.9 Å². The maximum absolute atomic E-state index is 3.31. The van der Waals surface area contributed by atoms with Gasteiger partial charge in [0.05, 0.1) is 0 Å². The Morgan fingerprint density at radius 3 is 2.75 bits per heavy atom. The van der Waals surface area contributed by atoms with E-state index in [-0.39, 0.29) is 0 Å². The van der Waals surface area contributed by atoms with Crippen LogP contribution in [0.25, 0.3) is 0 Å². The molecular formula is C12H20. The van der Waals surface area contributed by atoms with Crippen LogP contribution in [0.3, 0.4) is 0 Å². The van der Waals surface area contributed by atoms with Gasteiger partial charge in [0.1, 0.15) is 0 Å². The van der Waals surface area contributed by atoms with E-state index in [4.69, 9.17) is 0 Å². The standard InChI is InChI=1S/C12H20/c1-11-7-5-4-6-9-12(2,3)10-8-11/h11H,4,6,8-10H2,1-3H3. The van der Waals surface area contributed by atoms with Crippen molar-refractivity contribution in [2.45, 2.75) is 52.9 Å². The Balaban J connectivity index is 2.52. The van der Waals surface area contributed by atoms with E-state index in [0.717, 1.165) is 6.42 Å². The van der Waals surface area contributed by atoms with Gasteiger partial charge in [0, 0.05) is 12.3 Å². The van der Waals surface area contributed by atoms with Gasteiger partial charge in [-0.1, -0.05) is 20.8 Å². The number of hydrogen-bond acceptors (Lipinski definition) is 0. The molecule has 0 nitrogen and oxygen atoms in total. The molecule has 12 heavy (non-hydrogen) atoms. The van der Waals surface area contributed by atoms with Crippen molar-refractivity contribution in [3.05, 3.63) is 0 Å². The van der Waals surface area contributed by atoms with E-state index in [2.05, 4.69) is 32.6 Å². The van der Waals surface area contributed by atoms with Gasteiger partial charge in [0.2, 0.25) is 0 Å². The lowest BCUT2D eigenvalue weighted by Gasteiger charge is -2.24. The van der Waals surface area contributed by atoms with Crippen molar-refractivity contribution in [2.75, 3.05) is 0 Å². The molecular weight excluding hydrogens is 144 g/mol. The van der Waals surface area contributed by atoms with Crippen molar-refractivity contribution >= 4 is 0 Å². The fourth-order valence-electron chi connectivity index (χ4n) is 1.71. The van der Waals surface area contributed by atoms with Crippen LogP contribution in [0, 0.1) is 23.2 Å². The van der Waals surface area contributed by atoms with Crippen LogP contribution in [0.2, 0.25) is 0 Å². The summed E-state index contributed by atoms with van der Waals surface area (Å²) in [7, 11) is 0. The third-order valence-corrected chi connectivity index (χ3v) is 2.76. The highest BCUT2D eigenvalue weighted by atomic mass is 14.2. The lowest BCUT2D eigenvalue weighted by molar-refractivity contribution is 0.284. The highest BCUT2D eigenvalue weighted by Gasteiger charge is 2.18. The smallest absolute Gasteiger partial charge is 0.0174 e. The third-order valence-electron chi connectivity index (χ3n) is 2.76. The normalized spacial score (nSPS) is 29.1. The van der Waals surface area contributed by atoms with E-state index in [1.165, 1.54) is 25.7 Å². The molecule has 0 bridgehead atoms. The fraction of sp³-hybridized carbons (Fsp3) is 0.833. The predicted octanol–water partition coefficient (Wildman–Crippen LogP) is 3.62. The molecule has 0 saturated carbocycles. The Morgan fingerprint density at radius 1 is 1.25 bits per heavy atom. The van der Waals surface area contributed by atoms with Gasteiger partial charge >= 0.3 is 0 Å². The highest BCUT2D eigenvalue weighted by molar-refractivity contribution is 5.03. The average molecular weight is 164 g/mol. The van der Waals surface area contributed by atoms with Crippen molar-refractivity contribution in [3.8, 4) is 11.8 Å². The number of hydrogen-bond donors (Lipinski definition) is 0. The molecule has 1 aliphatic rings. The summed E-state index contributed by atoms with van der Waals surface area (Å²) >= 11 is 0. The molecule has 1 rings (SSSR count). The minimum absolute atomic E-state index is 0.544. The molecule has 1 aliphatic carbocycles. The molecule has 68 valence electrons. The zero-order chi connectivity index (χ0) is 9.03. The predicted molar refractivity (Wildman–Crippen MR) is 53.8 cm³/mol. The van der Waals surface area contributed by atoms with Gasteiger partial charge in [-0.15, -0.1) is 11.8 Å². The molecule has 0 heterocycles. The van der Waals surface area contributed by atoms with Crippen molar-refractivity contribution in [2.24, 2.45) is 11.3 Å². The molecule has 0 aromatic rings. The second-order valence-corrected chi connectivity index (χ2v) is 4.78. The summed E-state index contributed by atoms with van der Waals surface area (Å²) in [4.78, 5) is 0. The highest BCUT2D eigenvalue weighted by Crippen LogP contribution is 2.31. The lowest BCUT2D eigenvalue weighted by atomic mass is 9.81. The van der Waals surface area contributed by atoms with Gasteiger partial charge in [-0.2, -0.15) is 0 Å². The Kier molecular flexibility index (Phi) is 3.20. The van der Waals surface area contributed by atoms with E-state index >= 15 is 0 Å². The zero-order valence-corrected chi connectivity index (χ0v) is 8.61. The summed E-state index contributed by atoms with van der Waals surface area (Å²) in [6.07, 6.45) is 6.34. The van der Waals surface area contributed by atoms with Crippen LogP contribution in [0.5, 0.6) is 0 Å². The van der Waals surface area contributed by atoms with Crippen LogP contribution < -0.4 is 0 Å². The van der Waals surface area contributed by atoms with Gasteiger partial charge < -0.3 is 0 Å². The minimum Gasteiger partial charge on any atom is -0.103 e. The monoisotopic (exact) mass is 164 g/mol. The second kappa shape index (κ2) is 3.99. The van der Waals surface area contributed by atoms with Crippen LogP contribution in [-0.4, -0.2) is 0 Å². The molecule has 0 aromatic carbocycles. The number of rotatable bonds is 0. The maximum atomic E-state index is 3.31. The van der Waals surface area contributed by atoms with Crippen molar-refractivity contribution in [1.29, 1.82) is 0 Å². The van der Waals surface area contributed by atoms with E-state index in [9.17, 15) is 0 Å². The van der Waals surface area contributed by atoms with Crippen LogP contribution in [0.4, 0.5) is 0 Å². The van der Waals surface area contributed by atoms with E-state index in [0.29, 0.717) is 11.3 Å². The summed E-state index contributed by atoms with van der Waals surface area (Å²) in [5.74, 6) is 7.19. The van der Waals surface area contributed by atoms with Gasteiger partial charge in [-0.3, -0.25) is 0 Å². The third kappa shape index (κ3) is 3.30. The molecule has 0 amide bonds. The van der Waals surface area contributed by atoms with E-state index in [1.807, 2.05) is 0 Å². The molecule has 0 saturated heterocycles. The molecule has 0 spiro atoms. The van der Waals surface area contributed by atoms with Crippen molar-refractivity contribution < 1.29 is 0 Å². The molecule has 0 radical (unpaired) electrons. The van der Waals surface area contributed by atoms with Crippen molar-refractivity contribution in [1.82, 2.24) is 0 Å². The summed E-state index contributed by atoms with van der Waals surface area (Å²) in [6, 6.07) is 0. The minimum atomic E-state index is 0.544. The van der Waals surface area contributed by atoms with Gasteiger partial charge in [-0.05, 0) is 31.1 Å². The summed E-state index contributed by atoms with van der Waals surface area (Å²) in [5.41, 5.74) is 0.544. The van der Waals surface area contributed by atoms with Crippen LogP contribution >= 0.6 is 0 Å². The van der Waals surface area contributed by atoms with Crippen LogP contribution in [0.15, 0.2) is 0 Å². The van der Waals surface area contributed by atoms with E-state index in [1.54, 1.807) is 0 Å². The van der Waals surface area contributed by atoms with E-state index < -0.39 is 0 Å². The second-order valence-electron chi connectivity index (χ2n) is 4.78. The quantitative estimate of drug-likeness (QED) is 0.480. The molecule has 0 heteroatoms. The zero-order valence-electron chi connectivity index (χ0n) is 8.61. The SMILES string of the molecule is CC1C#CCCCC(C)(C)CC1. The van der Waals surface area contributed by atoms with Crippen LogP contribution in [-0.2, 0) is 0 Å². The summed E-state index contributed by atoms with van der Waals surface area (Å²) in [6.45, 7) is 7.00. The largest absolute Gasteiger partial charge is 0.103 e. The molecule has 0 aliphatic heterocycles. The maximum Gasteiger partial charge on any atom is 0.0174 e. The van der Waals surface area contributed by atoms with Gasteiger partial charge in [0.15, 0.2) is 0 Å². The Hall–Kier alpha value is -0.440.